The monoisotopic (exact) mass is 397 g/mol. The Bertz CT molecular complexity index is 826. The number of furan rings is 1. The van der Waals surface area contributed by atoms with Crippen molar-refractivity contribution >= 4 is 11.8 Å². The first kappa shape index (κ1) is 19.5. The molecule has 1 atom stereocenters. The molecular formula is C22H27N3O4. The van der Waals surface area contributed by atoms with Gasteiger partial charge in [-0.2, -0.15) is 0 Å². The molecule has 29 heavy (non-hydrogen) atoms. The fraction of sp³-hybridized carbons (Fsp3) is 0.455. The van der Waals surface area contributed by atoms with Crippen molar-refractivity contribution in [2.75, 3.05) is 46.4 Å². The van der Waals surface area contributed by atoms with Crippen LogP contribution in [0.25, 0.3) is 0 Å². The van der Waals surface area contributed by atoms with Gasteiger partial charge in [-0.05, 0) is 42.7 Å². The Morgan fingerprint density at radius 2 is 1.83 bits per heavy atom. The molecule has 4 rings (SSSR count). The quantitative estimate of drug-likeness (QED) is 0.775. The highest BCUT2D eigenvalue weighted by Gasteiger charge is 2.32. The highest BCUT2D eigenvalue weighted by atomic mass is 16.5. The second-order valence-corrected chi connectivity index (χ2v) is 7.56. The Balaban J connectivity index is 1.31. The zero-order valence-electron chi connectivity index (χ0n) is 16.8. The van der Waals surface area contributed by atoms with Gasteiger partial charge in [0.25, 0.3) is 5.91 Å². The summed E-state index contributed by atoms with van der Waals surface area (Å²) in [5.41, 5.74) is 1.16. The van der Waals surface area contributed by atoms with Crippen molar-refractivity contribution in [2.45, 2.75) is 18.9 Å². The van der Waals surface area contributed by atoms with Crippen molar-refractivity contribution in [3.8, 4) is 5.75 Å². The molecule has 154 valence electrons. The molecule has 0 saturated carbocycles. The number of carbonyl (C=O) groups is 2. The van der Waals surface area contributed by atoms with Crippen LogP contribution in [-0.2, 0) is 4.79 Å². The maximum Gasteiger partial charge on any atom is 0.289 e. The van der Waals surface area contributed by atoms with Gasteiger partial charge in [0.05, 0.1) is 26.0 Å². The van der Waals surface area contributed by atoms with Crippen LogP contribution in [0.15, 0.2) is 47.1 Å². The summed E-state index contributed by atoms with van der Waals surface area (Å²) < 4.78 is 10.4. The van der Waals surface area contributed by atoms with E-state index in [0.717, 1.165) is 30.7 Å². The fourth-order valence-corrected chi connectivity index (χ4v) is 4.19. The minimum atomic E-state index is -0.0833. The lowest BCUT2D eigenvalue weighted by Crippen LogP contribution is -2.51. The third-order valence-corrected chi connectivity index (χ3v) is 5.82. The molecule has 2 amide bonds. The van der Waals surface area contributed by atoms with Crippen LogP contribution in [0.4, 0.5) is 0 Å². The largest absolute Gasteiger partial charge is 0.497 e. The molecule has 7 heteroatoms. The number of piperazine rings is 1. The maximum absolute atomic E-state index is 13.0. The van der Waals surface area contributed by atoms with E-state index in [0.29, 0.717) is 38.5 Å². The number of benzene rings is 1. The van der Waals surface area contributed by atoms with Crippen LogP contribution >= 0.6 is 0 Å². The van der Waals surface area contributed by atoms with Crippen LogP contribution in [0.1, 0.15) is 35.0 Å². The van der Waals surface area contributed by atoms with E-state index < -0.39 is 0 Å². The van der Waals surface area contributed by atoms with Crippen molar-refractivity contribution in [3.63, 3.8) is 0 Å². The Labute approximate surface area is 170 Å². The summed E-state index contributed by atoms with van der Waals surface area (Å²) in [5, 5.41) is 0. The molecule has 0 bridgehead atoms. The van der Waals surface area contributed by atoms with Crippen LogP contribution in [0, 0.1) is 0 Å². The summed E-state index contributed by atoms with van der Waals surface area (Å²) in [7, 11) is 1.66. The summed E-state index contributed by atoms with van der Waals surface area (Å²) in [5.74, 6) is 1.27. The summed E-state index contributed by atoms with van der Waals surface area (Å²) in [6.07, 6.45) is 3.52. The van der Waals surface area contributed by atoms with Crippen molar-refractivity contribution in [3.05, 3.63) is 54.0 Å². The normalized spacial score (nSPS) is 20.1. The Hall–Kier alpha value is -2.80. The molecule has 2 aliphatic rings. The molecule has 2 fully saturated rings. The predicted molar refractivity (Wildman–Crippen MR) is 108 cm³/mol. The molecule has 2 aromatic rings. The smallest absolute Gasteiger partial charge is 0.289 e. The zero-order valence-corrected chi connectivity index (χ0v) is 16.8. The minimum Gasteiger partial charge on any atom is -0.497 e. The standard InChI is InChI=1S/C22H27N3O4/c1-28-18-8-6-17(7-9-18)19-4-2-10-25(19)21(26)16-23-11-13-24(14-12-23)22(27)20-5-3-15-29-20/h3,5-9,15,19H,2,4,10-14,16H2,1H3. The van der Waals surface area contributed by atoms with Gasteiger partial charge in [0.1, 0.15) is 5.75 Å². The lowest BCUT2D eigenvalue weighted by Gasteiger charge is -2.35. The lowest BCUT2D eigenvalue weighted by atomic mass is 10.0. The van der Waals surface area contributed by atoms with Crippen LogP contribution < -0.4 is 4.74 Å². The molecule has 2 aliphatic heterocycles. The van der Waals surface area contributed by atoms with E-state index in [1.165, 1.54) is 6.26 Å². The van der Waals surface area contributed by atoms with Crippen LogP contribution in [0.5, 0.6) is 5.75 Å². The van der Waals surface area contributed by atoms with Crippen molar-refractivity contribution in [1.82, 2.24) is 14.7 Å². The highest BCUT2D eigenvalue weighted by Crippen LogP contribution is 2.32. The number of hydrogen-bond donors (Lipinski definition) is 0. The van der Waals surface area contributed by atoms with Crippen molar-refractivity contribution in [2.24, 2.45) is 0 Å². The molecule has 7 nitrogen and oxygen atoms in total. The Morgan fingerprint density at radius 1 is 1.07 bits per heavy atom. The lowest BCUT2D eigenvalue weighted by molar-refractivity contribution is -0.133. The maximum atomic E-state index is 13.0. The fourth-order valence-electron chi connectivity index (χ4n) is 4.19. The van der Waals surface area contributed by atoms with Gasteiger partial charge < -0.3 is 19.0 Å². The third-order valence-electron chi connectivity index (χ3n) is 5.82. The van der Waals surface area contributed by atoms with E-state index in [2.05, 4.69) is 4.90 Å². The molecule has 3 heterocycles. The van der Waals surface area contributed by atoms with E-state index in [4.69, 9.17) is 9.15 Å². The first-order valence-corrected chi connectivity index (χ1v) is 10.1. The number of likely N-dealkylation sites (tertiary alicyclic amines) is 1. The van der Waals surface area contributed by atoms with E-state index in [1.807, 2.05) is 29.2 Å². The van der Waals surface area contributed by atoms with Gasteiger partial charge in [-0.15, -0.1) is 0 Å². The second-order valence-electron chi connectivity index (χ2n) is 7.56. The van der Waals surface area contributed by atoms with Gasteiger partial charge in [0, 0.05) is 32.7 Å². The average molecular weight is 397 g/mol. The third kappa shape index (κ3) is 4.29. The number of methoxy groups -OCH3 is 1. The molecule has 2 saturated heterocycles. The number of amides is 2. The molecule has 1 aromatic heterocycles. The van der Waals surface area contributed by atoms with Crippen LogP contribution in [0.2, 0.25) is 0 Å². The Morgan fingerprint density at radius 3 is 2.48 bits per heavy atom. The van der Waals surface area contributed by atoms with E-state index >= 15 is 0 Å². The summed E-state index contributed by atoms with van der Waals surface area (Å²) >= 11 is 0. The predicted octanol–water partition coefficient (Wildman–Crippen LogP) is 2.41. The topological polar surface area (TPSA) is 66.2 Å². The molecule has 0 radical (unpaired) electrons. The van der Waals surface area contributed by atoms with Gasteiger partial charge in [-0.1, -0.05) is 12.1 Å². The molecule has 1 aromatic carbocycles. The van der Waals surface area contributed by atoms with Crippen LogP contribution in [-0.4, -0.2) is 72.9 Å². The highest BCUT2D eigenvalue weighted by molar-refractivity contribution is 5.91. The number of nitrogens with zero attached hydrogens (tertiary/aromatic N) is 3. The van der Waals surface area contributed by atoms with Crippen molar-refractivity contribution in [1.29, 1.82) is 0 Å². The minimum absolute atomic E-state index is 0.0833. The summed E-state index contributed by atoms with van der Waals surface area (Å²) in [6.45, 7) is 3.80. The number of hydrogen-bond acceptors (Lipinski definition) is 5. The molecule has 0 N–H and O–H groups in total. The second kappa shape index (κ2) is 8.69. The Kier molecular flexibility index (Phi) is 5.85. The molecule has 0 aliphatic carbocycles. The molecule has 0 spiro atoms. The number of carbonyl (C=O) groups excluding carboxylic acids is 2. The van der Waals surface area contributed by atoms with Crippen LogP contribution in [0.3, 0.4) is 0 Å². The van der Waals surface area contributed by atoms with Gasteiger partial charge >= 0.3 is 0 Å². The SMILES string of the molecule is COc1ccc(C2CCCN2C(=O)CN2CCN(C(=O)c3ccco3)CC2)cc1. The number of ether oxygens (including phenoxy) is 1. The first-order chi connectivity index (χ1) is 14.2. The van der Waals surface area contributed by atoms with E-state index in [9.17, 15) is 9.59 Å². The first-order valence-electron chi connectivity index (χ1n) is 10.1. The zero-order chi connectivity index (χ0) is 20.2. The van der Waals surface area contributed by atoms with Gasteiger partial charge in [0.15, 0.2) is 5.76 Å². The van der Waals surface area contributed by atoms with E-state index in [-0.39, 0.29) is 17.9 Å². The van der Waals surface area contributed by atoms with Gasteiger partial charge in [-0.3, -0.25) is 14.5 Å². The summed E-state index contributed by atoms with van der Waals surface area (Å²) in [6, 6.07) is 11.5. The van der Waals surface area contributed by atoms with Gasteiger partial charge in [-0.25, -0.2) is 0 Å². The molecule has 1 unspecified atom stereocenters. The van der Waals surface area contributed by atoms with E-state index in [1.54, 1.807) is 24.1 Å². The summed E-state index contributed by atoms with van der Waals surface area (Å²) in [4.78, 5) is 31.3. The van der Waals surface area contributed by atoms with Crippen molar-refractivity contribution < 1.29 is 18.7 Å². The molecular weight excluding hydrogens is 370 g/mol. The van der Waals surface area contributed by atoms with Gasteiger partial charge in [0.2, 0.25) is 5.91 Å². The average Bonchev–Trinajstić information content (AvgIpc) is 3.46. The number of rotatable bonds is 5.